The standard InChI is InChI=1S/C19H19N3O2/c1-12-6-7-13-10-14(8-9-17(13)21-12)18(23)16(11-20)19(24)22-15-4-2-3-5-15/h6-10,15-16H,2-5H2,1H3,(H,22,24)/t16-/m0/s1. The molecule has 0 bridgehead atoms. The van der Waals surface area contributed by atoms with Crippen LogP contribution in [0.2, 0.25) is 0 Å². The van der Waals surface area contributed by atoms with Gasteiger partial charge in [-0.3, -0.25) is 14.6 Å². The minimum atomic E-state index is -1.30. The predicted octanol–water partition coefficient (Wildman–Crippen LogP) is 2.92. The summed E-state index contributed by atoms with van der Waals surface area (Å²) in [6.07, 6.45) is 3.98. The van der Waals surface area contributed by atoms with Crippen LogP contribution in [0.15, 0.2) is 30.3 Å². The van der Waals surface area contributed by atoms with Crippen molar-refractivity contribution < 1.29 is 9.59 Å². The Bertz CT molecular complexity index is 832. The van der Waals surface area contributed by atoms with Crippen LogP contribution >= 0.6 is 0 Å². The predicted molar refractivity (Wildman–Crippen MR) is 90.3 cm³/mol. The van der Waals surface area contributed by atoms with E-state index in [2.05, 4.69) is 10.3 Å². The number of rotatable bonds is 4. The second-order valence-electron chi connectivity index (χ2n) is 6.28. The number of carbonyl (C=O) groups excluding carboxylic acids is 2. The minimum absolute atomic E-state index is 0.0879. The molecular weight excluding hydrogens is 302 g/mol. The number of fused-ring (bicyclic) bond motifs is 1. The third-order valence-electron chi connectivity index (χ3n) is 4.47. The van der Waals surface area contributed by atoms with Crippen molar-refractivity contribution in [3.63, 3.8) is 0 Å². The highest BCUT2D eigenvalue weighted by atomic mass is 16.2. The summed E-state index contributed by atoms with van der Waals surface area (Å²) in [6, 6.07) is 10.8. The van der Waals surface area contributed by atoms with Gasteiger partial charge >= 0.3 is 0 Å². The number of nitriles is 1. The molecule has 1 fully saturated rings. The molecule has 1 atom stereocenters. The Morgan fingerprint density at radius 1 is 1.25 bits per heavy atom. The van der Waals surface area contributed by atoms with Gasteiger partial charge in [-0.25, -0.2) is 0 Å². The van der Waals surface area contributed by atoms with Crippen molar-refractivity contribution in [3.8, 4) is 6.07 Å². The third-order valence-corrected chi connectivity index (χ3v) is 4.47. The van der Waals surface area contributed by atoms with E-state index in [9.17, 15) is 14.9 Å². The molecule has 1 aliphatic carbocycles. The number of ketones is 1. The highest BCUT2D eigenvalue weighted by Gasteiger charge is 2.30. The van der Waals surface area contributed by atoms with Gasteiger partial charge in [-0.15, -0.1) is 0 Å². The summed E-state index contributed by atoms with van der Waals surface area (Å²) in [6.45, 7) is 1.90. The van der Waals surface area contributed by atoms with Crippen molar-refractivity contribution in [2.24, 2.45) is 5.92 Å². The lowest BCUT2D eigenvalue weighted by Gasteiger charge is -2.14. The Morgan fingerprint density at radius 3 is 2.71 bits per heavy atom. The first kappa shape index (κ1) is 16.1. The van der Waals surface area contributed by atoms with Gasteiger partial charge in [0.15, 0.2) is 11.7 Å². The van der Waals surface area contributed by atoms with Crippen molar-refractivity contribution >= 4 is 22.6 Å². The van der Waals surface area contributed by atoms with Crippen LogP contribution in [0.4, 0.5) is 0 Å². The molecule has 1 N–H and O–H groups in total. The molecule has 1 aromatic heterocycles. The summed E-state index contributed by atoms with van der Waals surface area (Å²) in [5.41, 5.74) is 2.05. The summed E-state index contributed by atoms with van der Waals surface area (Å²) in [7, 11) is 0. The van der Waals surface area contributed by atoms with E-state index >= 15 is 0 Å². The summed E-state index contributed by atoms with van der Waals surface area (Å²) < 4.78 is 0. The maximum absolute atomic E-state index is 12.6. The number of carbonyl (C=O) groups is 2. The van der Waals surface area contributed by atoms with Crippen LogP contribution in [0.1, 0.15) is 41.7 Å². The summed E-state index contributed by atoms with van der Waals surface area (Å²) in [5.74, 6) is -2.26. The summed E-state index contributed by atoms with van der Waals surface area (Å²) >= 11 is 0. The summed E-state index contributed by atoms with van der Waals surface area (Å²) in [4.78, 5) is 29.3. The monoisotopic (exact) mass is 321 g/mol. The zero-order chi connectivity index (χ0) is 17.1. The molecule has 1 aliphatic rings. The molecule has 0 spiro atoms. The van der Waals surface area contributed by atoms with Crippen molar-refractivity contribution in [2.75, 3.05) is 0 Å². The average Bonchev–Trinajstić information content (AvgIpc) is 3.07. The topological polar surface area (TPSA) is 82.8 Å². The van der Waals surface area contributed by atoms with Gasteiger partial charge in [0.05, 0.1) is 11.6 Å². The molecular formula is C19H19N3O2. The molecule has 0 unspecified atom stereocenters. The number of Topliss-reactive ketones (excluding diaryl/α,β-unsaturated/α-hetero) is 1. The smallest absolute Gasteiger partial charge is 0.245 e. The van der Waals surface area contributed by atoms with Gasteiger partial charge in [-0.2, -0.15) is 5.26 Å². The van der Waals surface area contributed by atoms with Gasteiger partial charge < -0.3 is 5.32 Å². The number of aromatic nitrogens is 1. The van der Waals surface area contributed by atoms with E-state index in [0.29, 0.717) is 5.56 Å². The lowest BCUT2D eigenvalue weighted by molar-refractivity contribution is -0.122. The van der Waals surface area contributed by atoms with E-state index in [0.717, 1.165) is 42.3 Å². The molecule has 122 valence electrons. The average molecular weight is 321 g/mol. The van der Waals surface area contributed by atoms with Gasteiger partial charge in [0, 0.05) is 22.7 Å². The van der Waals surface area contributed by atoms with E-state index < -0.39 is 17.6 Å². The molecule has 2 aromatic rings. The lowest BCUT2D eigenvalue weighted by Crippen LogP contribution is -2.39. The number of hydrogen-bond acceptors (Lipinski definition) is 4. The largest absolute Gasteiger partial charge is 0.352 e. The lowest BCUT2D eigenvalue weighted by atomic mass is 9.96. The van der Waals surface area contributed by atoms with E-state index in [4.69, 9.17) is 0 Å². The van der Waals surface area contributed by atoms with Crippen molar-refractivity contribution in [3.05, 3.63) is 41.6 Å². The first-order valence-corrected chi connectivity index (χ1v) is 8.20. The van der Waals surface area contributed by atoms with Crippen molar-refractivity contribution in [2.45, 2.75) is 38.6 Å². The van der Waals surface area contributed by atoms with Crippen LogP contribution in [0.3, 0.4) is 0 Å². The first-order chi connectivity index (χ1) is 11.6. The van der Waals surface area contributed by atoms with Gasteiger partial charge in [0.1, 0.15) is 0 Å². The SMILES string of the molecule is Cc1ccc2cc(C(=O)[C@H](C#N)C(=O)NC3CCCC3)ccc2n1. The van der Waals surface area contributed by atoms with Gasteiger partial charge in [0.25, 0.3) is 0 Å². The highest BCUT2D eigenvalue weighted by molar-refractivity contribution is 6.13. The van der Waals surface area contributed by atoms with Crippen LogP contribution < -0.4 is 5.32 Å². The maximum Gasteiger partial charge on any atom is 0.245 e. The zero-order valence-corrected chi connectivity index (χ0v) is 13.6. The van der Waals surface area contributed by atoms with E-state index in [-0.39, 0.29) is 6.04 Å². The van der Waals surface area contributed by atoms with Crippen LogP contribution in [0.5, 0.6) is 0 Å². The normalized spacial score (nSPS) is 15.8. The number of nitrogens with one attached hydrogen (secondary N) is 1. The van der Waals surface area contributed by atoms with Gasteiger partial charge in [-0.05, 0) is 44.0 Å². The second-order valence-corrected chi connectivity index (χ2v) is 6.28. The Kier molecular flexibility index (Phi) is 4.57. The molecule has 0 aliphatic heterocycles. The molecule has 1 aromatic carbocycles. The molecule has 3 rings (SSSR count). The number of amides is 1. The van der Waals surface area contributed by atoms with Gasteiger partial charge in [-0.1, -0.05) is 18.9 Å². The number of aryl methyl sites for hydroxylation is 1. The van der Waals surface area contributed by atoms with E-state index in [1.165, 1.54) is 0 Å². The highest BCUT2D eigenvalue weighted by Crippen LogP contribution is 2.20. The van der Waals surface area contributed by atoms with Crippen LogP contribution in [0.25, 0.3) is 10.9 Å². The Morgan fingerprint density at radius 2 is 2.00 bits per heavy atom. The van der Waals surface area contributed by atoms with Crippen LogP contribution in [0, 0.1) is 24.2 Å². The molecule has 0 saturated heterocycles. The molecule has 0 radical (unpaired) electrons. The number of hydrogen-bond donors (Lipinski definition) is 1. The Hall–Kier alpha value is -2.74. The number of nitrogens with zero attached hydrogens (tertiary/aromatic N) is 2. The Labute approximate surface area is 140 Å². The van der Waals surface area contributed by atoms with Gasteiger partial charge in [0.2, 0.25) is 5.91 Å². The second kappa shape index (κ2) is 6.79. The van der Waals surface area contributed by atoms with Crippen molar-refractivity contribution in [1.29, 1.82) is 5.26 Å². The third kappa shape index (κ3) is 3.28. The maximum atomic E-state index is 12.6. The van der Waals surface area contributed by atoms with Crippen LogP contribution in [-0.2, 0) is 4.79 Å². The van der Waals surface area contributed by atoms with Crippen LogP contribution in [-0.4, -0.2) is 22.7 Å². The number of pyridine rings is 1. The fourth-order valence-electron chi connectivity index (χ4n) is 3.14. The summed E-state index contributed by atoms with van der Waals surface area (Å²) in [5, 5.41) is 13.0. The molecule has 24 heavy (non-hydrogen) atoms. The van der Waals surface area contributed by atoms with E-state index in [1.54, 1.807) is 18.2 Å². The van der Waals surface area contributed by atoms with Crippen molar-refractivity contribution in [1.82, 2.24) is 10.3 Å². The minimum Gasteiger partial charge on any atom is -0.352 e. The molecule has 5 heteroatoms. The molecule has 1 heterocycles. The van der Waals surface area contributed by atoms with E-state index in [1.807, 2.05) is 25.1 Å². The molecule has 1 amide bonds. The Balaban J connectivity index is 1.81. The quantitative estimate of drug-likeness (QED) is 0.693. The fourth-order valence-corrected chi connectivity index (χ4v) is 3.14. The fraction of sp³-hybridized carbons (Fsp3) is 0.368. The molecule has 1 saturated carbocycles. The number of benzene rings is 1. The molecule has 5 nitrogen and oxygen atoms in total. The first-order valence-electron chi connectivity index (χ1n) is 8.20. The zero-order valence-electron chi connectivity index (χ0n) is 13.6.